The van der Waals surface area contributed by atoms with Gasteiger partial charge in [0.2, 0.25) is 0 Å². The Morgan fingerprint density at radius 1 is 0.947 bits per heavy atom. The van der Waals surface area contributed by atoms with E-state index >= 15 is 0 Å². The van der Waals surface area contributed by atoms with Gasteiger partial charge < -0.3 is 72.6 Å². The van der Waals surface area contributed by atoms with Crippen LogP contribution in [0.5, 0.6) is 0 Å². The van der Waals surface area contributed by atoms with Gasteiger partial charge in [0.1, 0.15) is 0 Å². The monoisotopic (exact) mass is 392 g/mol. The second kappa shape index (κ2) is 10.6. The number of hydrogen-bond acceptors (Lipinski definition) is 3. The van der Waals surface area contributed by atoms with Crippen LogP contribution in [0.1, 0.15) is 0 Å². The first-order valence-corrected chi connectivity index (χ1v) is 9.55. The minimum Gasteiger partial charge on any atom is -0.720 e. The van der Waals surface area contributed by atoms with E-state index in [0.717, 1.165) is 19.8 Å². The van der Waals surface area contributed by atoms with Gasteiger partial charge in [0.25, 0.3) is 0 Å². The summed E-state index contributed by atoms with van der Waals surface area (Å²) in [5, 5.41) is 1.54. The van der Waals surface area contributed by atoms with Crippen LogP contribution in [0.3, 0.4) is 0 Å². The predicted octanol–water partition coefficient (Wildman–Crippen LogP) is 6.28. The summed E-state index contributed by atoms with van der Waals surface area (Å²) in [5.74, 6) is 0. The summed E-state index contributed by atoms with van der Waals surface area (Å²) in [6.45, 7) is 0. The molecule has 0 aromatic heterocycles. The van der Waals surface area contributed by atoms with Crippen molar-refractivity contribution in [3.8, 4) is 0 Å². The second-order valence-corrected chi connectivity index (χ2v) is 6.56. The van der Waals surface area contributed by atoms with Gasteiger partial charge in [0.15, 0.2) is 0 Å². The Labute approximate surface area is 148 Å². The Kier molecular flexibility index (Phi) is 11.0. The van der Waals surface area contributed by atoms with Crippen LogP contribution in [-0.4, -0.2) is 18.8 Å². The van der Waals surface area contributed by atoms with E-state index in [0.29, 0.717) is 0 Å². The van der Waals surface area contributed by atoms with Gasteiger partial charge in [0.05, 0.1) is 0 Å². The van der Waals surface area contributed by atoms with Gasteiger partial charge in [-0.2, -0.15) is 23.9 Å². The summed E-state index contributed by atoms with van der Waals surface area (Å²) in [5.41, 5.74) is 0. The van der Waals surface area contributed by atoms with E-state index in [1.54, 1.807) is 35.3 Å². The Morgan fingerprint density at radius 2 is 1.53 bits per heavy atom. The van der Waals surface area contributed by atoms with E-state index in [1.807, 2.05) is 30.7 Å². The van der Waals surface area contributed by atoms with Gasteiger partial charge in [-0.1, -0.05) is 12.5 Å². The molecule has 0 aliphatic rings. The summed E-state index contributed by atoms with van der Waals surface area (Å²) >= 11 is 16.9. The van der Waals surface area contributed by atoms with Crippen molar-refractivity contribution in [2.75, 3.05) is 18.8 Å². The summed E-state index contributed by atoms with van der Waals surface area (Å²) in [6.07, 6.45) is 6.04. The van der Waals surface area contributed by atoms with Crippen molar-refractivity contribution in [3.63, 3.8) is 0 Å². The molecule has 0 saturated heterocycles. The predicted molar refractivity (Wildman–Crippen MR) is 89.4 cm³/mol. The number of halogens is 2. The van der Waals surface area contributed by atoms with Crippen molar-refractivity contribution >= 4 is 58.5 Å². The van der Waals surface area contributed by atoms with Crippen LogP contribution in [0.2, 0.25) is 10.0 Å². The first kappa shape index (κ1) is 19.8. The first-order chi connectivity index (χ1) is 8.63. The van der Waals surface area contributed by atoms with Gasteiger partial charge >= 0.3 is 0 Å². The summed E-state index contributed by atoms with van der Waals surface area (Å²) in [4.78, 5) is 3.39. The zero-order valence-electron chi connectivity index (χ0n) is 10.7. The fraction of sp³-hybridized carbons (Fsp3) is 0.231. The third-order valence-electron chi connectivity index (χ3n) is 2.18. The van der Waals surface area contributed by atoms with Crippen LogP contribution >= 0.6 is 58.5 Å². The van der Waals surface area contributed by atoms with Crippen molar-refractivity contribution in [1.82, 2.24) is 0 Å². The van der Waals surface area contributed by atoms with E-state index < -0.39 is 0 Å². The molecule has 0 unspecified atom stereocenters. The van der Waals surface area contributed by atoms with Crippen molar-refractivity contribution in [2.45, 2.75) is 14.7 Å². The molecule has 0 aliphatic heterocycles. The summed E-state index contributed by atoms with van der Waals surface area (Å²) in [7, 11) is 0. The third kappa shape index (κ3) is 6.01. The molecule has 0 amide bonds. The van der Waals surface area contributed by atoms with Gasteiger partial charge in [0, 0.05) is 17.1 Å². The Bertz CT molecular complexity index is 466. The van der Waals surface area contributed by atoms with Crippen LogP contribution in [0.15, 0.2) is 45.0 Å². The normalized spacial score (nSPS) is 9.53. The Balaban J connectivity index is 0.000000352. The van der Waals surface area contributed by atoms with Gasteiger partial charge in [-0.25, -0.2) is 12.1 Å². The Morgan fingerprint density at radius 3 is 1.79 bits per heavy atom. The first-order valence-electron chi connectivity index (χ1n) is 5.12. The van der Waals surface area contributed by atoms with Crippen molar-refractivity contribution in [3.05, 3.63) is 40.4 Å². The maximum atomic E-state index is 6.00. The topological polar surface area (TPSA) is 0 Å². The van der Waals surface area contributed by atoms with E-state index in [1.165, 1.54) is 4.90 Å². The molecule has 0 atom stereocenters. The fourth-order valence-corrected chi connectivity index (χ4v) is 4.01. The number of rotatable bonds is 3. The Hall–Kier alpha value is 0.849. The molecule has 6 heteroatoms. The summed E-state index contributed by atoms with van der Waals surface area (Å²) < 4.78 is 0. The largest absolute Gasteiger partial charge is 0.720 e. The average molecular weight is 393 g/mol. The minimum absolute atomic E-state index is 0. The number of thioether (sulfide) groups is 3. The summed E-state index contributed by atoms with van der Waals surface area (Å²) in [6, 6.07) is 10.2. The third-order valence-corrected chi connectivity index (χ3v) is 5.55. The standard InChI is InChI=1S/C7H7Cl2S2.C6H7S.Fe/c1-10-5-3-4(8)7(11-2)6(5)9;1-7-6-4-2-3-5-6;/h3H,1-2H3;2-5H,1H3;/q-5;-1;. The minimum atomic E-state index is 0. The maximum Gasteiger partial charge on any atom is 0 e. The van der Waals surface area contributed by atoms with Crippen LogP contribution in [-0.2, 0) is 17.1 Å². The molecule has 2 aromatic rings. The molecule has 2 aromatic carbocycles. The van der Waals surface area contributed by atoms with E-state index in [4.69, 9.17) is 23.2 Å². The second-order valence-electron chi connectivity index (χ2n) is 3.23. The van der Waals surface area contributed by atoms with Crippen LogP contribution in [0.25, 0.3) is 0 Å². The van der Waals surface area contributed by atoms with Gasteiger partial charge in [-0.05, 0) is 6.26 Å². The van der Waals surface area contributed by atoms with E-state index in [2.05, 4.69) is 18.4 Å². The molecule has 2 rings (SSSR count). The van der Waals surface area contributed by atoms with Gasteiger partial charge in [-0.15, -0.1) is 4.90 Å². The molecular formula is C13H14Cl2FeS3-6. The van der Waals surface area contributed by atoms with Crippen molar-refractivity contribution < 1.29 is 17.1 Å². The molecule has 0 radical (unpaired) electrons. The van der Waals surface area contributed by atoms with Gasteiger partial charge in [-0.3, -0.25) is 0 Å². The van der Waals surface area contributed by atoms with Crippen LogP contribution in [0.4, 0.5) is 0 Å². The molecule has 0 saturated carbocycles. The molecule has 0 fully saturated rings. The molecule has 0 spiro atoms. The molecule has 0 bridgehead atoms. The van der Waals surface area contributed by atoms with Crippen molar-refractivity contribution in [1.29, 1.82) is 0 Å². The fourth-order valence-electron chi connectivity index (χ4n) is 1.29. The molecule has 0 aliphatic carbocycles. The smallest absolute Gasteiger partial charge is 0 e. The van der Waals surface area contributed by atoms with E-state index in [-0.39, 0.29) is 17.1 Å². The average Bonchev–Trinajstić information content (AvgIpc) is 2.98. The van der Waals surface area contributed by atoms with Crippen molar-refractivity contribution in [2.24, 2.45) is 0 Å². The maximum absolute atomic E-state index is 6.00. The SMILES string of the molecule is CS[c-]1[cH-][c-](Cl)[c-](SC)[c-]1Cl.CS[c-]1cccc1.[Fe]. The molecule has 0 heterocycles. The quantitative estimate of drug-likeness (QED) is 0.342. The zero-order valence-corrected chi connectivity index (χ0v) is 15.8. The molecule has 112 valence electrons. The van der Waals surface area contributed by atoms with E-state index in [9.17, 15) is 0 Å². The molecule has 19 heavy (non-hydrogen) atoms. The molecular weight excluding hydrogens is 379 g/mol. The number of hydrogen-bond donors (Lipinski definition) is 0. The van der Waals surface area contributed by atoms with Crippen LogP contribution < -0.4 is 0 Å². The van der Waals surface area contributed by atoms with Crippen LogP contribution in [0, 0.1) is 0 Å². The molecule has 0 N–H and O–H groups in total. The zero-order chi connectivity index (χ0) is 13.5. The molecule has 0 nitrogen and oxygen atoms in total.